The lowest BCUT2D eigenvalue weighted by molar-refractivity contribution is -0.203. The van der Waals surface area contributed by atoms with Crippen molar-refractivity contribution in [3.8, 4) is 0 Å². The fourth-order valence-electron chi connectivity index (χ4n) is 10.2. The molecule has 3 unspecified atom stereocenters. The van der Waals surface area contributed by atoms with E-state index in [0.29, 0.717) is 41.9 Å². The smallest absolute Gasteiger partial charge is 0.421 e. The summed E-state index contributed by atoms with van der Waals surface area (Å²) in [6, 6.07) is 0. The number of sulfonamides is 1. The zero-order valence-electron chi connectivity index (χ0n) is 24.8. The van der Waals surface area contributed by atoms with E-state index in [4.69, 9.17) is 4.74 Å². The molecule has 40 heavy (non-hydrogen) atoms. The topological polar surface area (TPSA) is 131 Å². The molecule has 4 fully saturated rings. The lowest BCUT2D eigenvalue weighted by atomic mass is 9.41. The van der Waals surface area contributed by atoms with Gasteiger partial charge in [-0.15, -0.1) is 0 Å². The highest BCUT2D eigenvalue weighted by atomic mass is 32.2. The van der Waals surface area contributed by atoms with E-state index < -0.39 is 16.1 Å². The van der Waals surface area contributed by atoms with E-state index in [0.717, 1.165) is 51.4 Å². The van der Waals surface area contributed by atoms with Crippen molar-refractivity contribution < 1.29 is 28.2 Å². The number of fused-ring (bicyclic) bond motifs is 5. The Labute approximate surface area is 239 Å². The summed E-state index contributed by atoms with van der Waals surface area (Å²) in [7, 11) is -2.41. The quantitative estimate of drug-likeness (QED) is 0.434. The number of ether oxygens (including phenoxy) is 1. The van der Waals surface area contributed by atoms with Gasteiger partial charge in [-0.1, -0.05) is 34.1 Å². The Bertz CT molecular complexity index is 1190. The van der Waals surface area contributed by atoms with Crippen LogP contribution in [0.25, 0.3) is 0 Å². The summed E-state index contributed by atoms with van der Waals surface area (Å²) >= 11 is 0. The number of nitrogens with one attached hydrogen (secondary N) is 1. The second-order valence-corrected chi connectivity index (χ2v) is 15.7. The number of amides is 1. The molecule has 0 spiro atoms. The number of aliphatic hydroxyl groups is 2. The molecule has 1 amide bonds. The molecule has 5 rings (SSSR count). The van der Waals surface area contributed by atoms with E-state index in [2.05, 4.69) is 32.8 Å². The molecule has 4 saturated carbocycles. The molecule has 1 heterocycles. The third-order valence-electron chi connectivity index (χ3n) is 12.2. The average Bonchev–Trinajstić information content (AvgIpc) is 3.48. The van der Waals surface area contributed by atoms with Gasteiger partial charge in [0.1, 0.15) is 4.90 Å². The van der Waals surface area contributed by atoms with E-state index in [9.17, 15) is 23.4 Å². The van der Waals surface area contributed by atoms with Crippen LogP contribution in [0.15, 0.2) is 17.3 Å². The van der Waals surface area contributed by atoms with E-state index in [-0.39, 0.29) is 40.5 Å². The minimum absolute atomic E-state index is 0.0827. The third-order valence-corrected chi connectivity index (χ3v) is 13.4. The maximum atomic E-state index is 12.4. The van der Waals surface area contributed by atoms with Crippen molar-refractivity contribution >= 4 is 16.1 Å². The first-order chi connectivity index (χ1) is 18.8. The number of hydrogen-bond donors (Lipinski definition) is 3. The molecule has 11 atom stereocenters. The van der Waals surface area contributed by atoms with Crippen LogP contribution in [-0.4, -0.2) is 53.3 Å². The standard InChI is InChI=1S/C30H49N3O6S/c1-6-21-25-15-19(34)9-12-30(25,4)24-10-13-29(3)22(7-8-23(29)26(24)27(21)35)18(2)11-14-39-28(36)32-40(37,38)20-16-31-33(5)17-20/h16-19,21-27,34-35H,6-15H2,1-5H3,(H,32,36)/t18-,19-,21-,22-,23+,24+,25?,26?,27-,29?,30+/m1/s1. The lowest BCUT2D eigenvalue weighted by Gasteiger charge is -2.64. The summed E-state index contributed by atoms with van der Waals surface area (Å²) in [5.41, 5.74) is 0.315. The first-order valence-corrected chi connectivity index (χ1v) is 16.8. The Balaban J connectivity index is 1.22. The molecule has 1 aromatic heterocycles. The van der Waals surface area contributed by atoms with Crippen molar-refractivity contribution in [3.63, 3.8) is 0 Å². The monoisotopic (exact) mass is 579 g/mol. The van der Waals surface area contributed by atoms with Gasteiger partial charge in [0.05, 0.1) is 25.0 Å². The molecule has 4 aliphatic rings. The van der Waals surface area contributed by atoms with Gasteiger partial charge in [0.2, 0.25) is 0 Å². The lowest BCUT2D eigenvalue weighted by Crippen LogP contribution is -2.62. The first kappa shape index (κ1) is 29.8. The van der Waals surface area contributed by atoms with Crippen LogP contribution in [0.2, 0.25) is 0 Å². The summed E-state index contributed by atoms with van der Waals surface area (Å²) in [6.45, 7) is 9.48. The summed E-state index contributed by atoms with van der Waals surface area (Å²) in [6.07, 6.45) is 9.88. The van der Waals surface area contributed by atoms with Crippen LogP contribution in [0.4, 0.5) is 4.79 Å². The second-order valence-electron chi connectivity index (χ2n) is 14.0. The number of aromatic nitrogens is 2. The van der Waals surface area contributed by atoms with E-state index >= 15 is 0 Å². The van der Waals surface area contributed by atoms with Gasteiger partial charge in [0, 0.05) is 13.2 Å². The van der Waals surface area contributed by atoms with Gasteiger partial charge < -0.3 is 14.9 Å². The Morgan fingerprint density at radius 1 is 1.15 bits per heavy atom. The van der Waals surface area contributed by atoms with Crippen molar-refractivity contribution in [2.45, 2.75) is 103 Å². The number of hydrogen-bond acceptors (Lipinski definition) is 7. The third kappa shape index (κ3) is 5.00. The molecule has 9 nitrogen and oxygen atoms in total. The maximum absolute atomic E-state index is 12.4. The van der Waals surface area contributed by atoms with Gasteiger partial charge in [0.25, 0.3) is 10.0 Å². The maximum Gasteiger partial charge on any atom is 0.421 e. The number of aliphatic hydroxyl groups excluding tert-OH is 2. The predicted octanol–water partition coefficient (Wildman–Crippen LogP) is 4.49. The molecular weight excluding hydrogens is 530 g/mol. The van der Waals surface area contributed by atoms with Crippen LogP contribution < -0.4 is 4.72 Å². The molecule has 3 N–H and O–H groups in total. The molecule has 0 bridgehead atoms. The predicted molar refractivity (Wildman–Crippen MR) is 150 cm³/mol. The fraction of sp³-hybridized carbons (Fsp3) is 0.867. The molecule has 0 saturated heterocycles. The minimum Gasteiger partial charge on any atom is -0.449 e. The van der Waals surface area contributed by atoms with Gasteiger partial charge in [-0.25, -0.2) is 17.9 Å². The molecule has 10 heteroatoms. The largest absolute Gasteiger partial charge is 0.449 e. The Morgan fingerprint density at radius 2 is 1.85 bits per heavy atom. The first-order valence-electron chi connectivity index (χ1n) is 15.4. The van der Waals surface area contributed by atoms with E-state index in [1.165, 1.54) is 17.1 Å². The number of aryl methyl sites for hydroxylation is 1. The fourth-order valence-corrected chi connectivity index (χ4v) is 11.1. The van der Waals surface area contributed by atoms with Crippen molar-refractivity contribution in [2.75, 3.05) is 6.61 Å². The average molecular weight is 580 g/mol. The van der Waals surface area contributed by atoms with Crippen LogP contribution in [0.5, 0.6) is 0 Å². The molecule has 0 aromatic carbocycles. The van der Waals surface area contributed by atoms with Crippen molar-refractivity contribution in [2.24, 2.45) is 59.3 Å². The molecular formula is C30H49N3O6S. The SMILES string of the molecule is CC[C@@H]1C2C[C@H](O)CC[C@@]2(C)[C@H]2CCC3(C)[C@@H]([C@H](C)CCOC(=O)NS(=O)(=O)c4cnn(C)c4)CC[C@H]3C2[C@@H]1O. The van der Waals surface area contributed by atoms with Crippen molar-refractivity contribution in [3.05, 3.63) is 12.4 Å². The summed E-state index contributed by atoms with van der Waals surface area (Å²) in [5.74, 6) is 2.69. The molecule has 226 valence electrons. The Kier molecular flexibility index (Phi) is 8.11. The normalized spacial score (nSPS) is 41.9. The van der Waals surface area contributed by atoms with Gasteiger partial charge >= 0.3 is 6.09 Å². The summed E-state index contributed by atoms with van der Waals surface area (Å²) in [4.78, 5) is 12.2. The van der Waals surface area contributed by atoms with Crippen LogP contribution in [-0.2, 0) is 21.8 Å². The molecule has 0 aliphatic heterocycles. The summed E-state index contributed by atoms with van der Waals surface area (Å²) in [5, 5.41) is 26.2. The van der Waals surface area contributed by atoms with Crippen LogP contribution in [0.3, 0.4) is 0 Å². The van der Waals surface area contributed by atoms with Gasteiger partial charge in [-0.05, 0) is 104 Å². The van der Waals surface area contributed by atoms with E-state index in [1.54, 1.807) is 7.05 Å². The summed E-state index contributed by atoms with van der Waals surface area (Å²) < 4.78 is 33.4. The van der Waals surface area contributed by atoms with Gasteiger partial charge in [0.15, 0.2) is 0 Å². The van der Waals surface area contributed by atoms with Crippen molar-refractivity contribution in [1.82, 2.24) is 14.5 Å². The van der Waals surface area contributed by atoms with Crippen LogP contribution in [0, 0.1) is 52.3 Å². The van der Waals surface area contributed by atoms with Gasteiger partial charge in [-0.2, -0.15) is 5.10 Å². The van der Waals surface area contributed by atoms with Crippen LogP contribution >= 0.6 is 0 Å². The van der Waals surface area contributed by atoms with Gasteiger partial charge in [-0.3, -0.25) is 4.68 Å². The highest BCUT2D eigenvalue weighted by molar-refractivity contribution is 7.90. The Hall–Kier alpha value is -1.65. The number of nitrogens with zero attached hydrogens (tertiary/aromatic N) is 2. The molecule has 4 aliphatic carbocycles. The molecule has 1 aromatic rings. The zero-order valence-corrected chi connectivity index (χ0v) is 25.6. The minimum atomic E-state index is -4.02. The highest BCUT2D eigenvalue weighted by Crippen LogP contribution is 2.69. The van der Waals surface area contributed by atoms with E-state index in [1.807, 2.05) is 4.72 Å². The highest BCUT2D eigenvalue weighted by Gasteiger charge is 2.64. The number of carbonyl (C=O) groups is 1. The number of carbonyl (C=O) groups excluding carboxylic acids is 1. The number of rotatable bonds is 7. The molecule has 0 radical (unpaired) electrons. The van der Waals surface area contributed by atoms with Crippen LogP contribution in [0.1, 0.15) is 85.5 Å². The zero-order chi connectivity index (χ0) is 29.0. The second kappa shape index (κ2) is 10.9. The van der Waals surface area contributed by atoms with Crippen molar-refractivity contribution in [1.29, 1.82) is 0 Å². The Morgan fingerprint density at radius 3 is 2.52 bits per heavy atom.